The van der Waals surface area contributed by atoms with Crippen molar-refractivity contribution in [3.63, 3.8) is 0 Å². The number of carbonyl (C=O) groups is 1. The highest BCUT2D eigenvalue weighted by atomic mass is 32.2. The summed E-state index contributed by atoms with van der Waals surface area (Å²) in [4.78, 5) is 64.4. The van der Waals surface area contributed by atoms with Gasteiger partial charge in [0.2, 0.25) is 0 Å². The van der Waals surface area contributed by atoms with E-state index in [2.05, 4.69) is 23.8 Å². The van der Waals surface area contributed by atoms with Crippen LogP contribution in [0.5, 0.6) is 0 Å². The lowest BCUT2D eigenvalue weighted by Gasteiger charge is -2.26. The fraction of sp³-hybridized carbons (Fsp3) is 0.194. The number of H-pyrrole nitrogens is 1. The van der Waals surface area contributed by atoms with Gasteiger partial charge in [0.15, 0.2) is 9.96 Å². The molecule has 0 aliphatic carbocycles. The van der Waals surface area contributed by atoms with Gasteiger partial charge in [0.05, 0.1) is 33.4 Å². The number of hydrogen-bond acceptors (Lipinski definition) is 10. The molecule has 1 aliphatic rings. The smallest absolute Gasteiger partial charge is 0.338 e. The van der Waals surface area contributed by atoms with Crippen molar-refractivity contribution in [2.75, 3.05) is 6.61 Å². The van der Waals surface area contributed by atoms with E-state index >= 15 is 0 Å². The first kappa shape index (κ1) is 33.5. The van der Waals surface area contributed by atoms with Crippen molar-refractivity contribution in [3.8, 4) is 0 Å². The van der Waals surface area contributed by atoms with Crippen LogP contribution in [0.4, 0.5) is 5.69 Å². The number of nitro benzene ring substituents is 1. The number of benzene rings is 3. The Labute approximate surface area is 288 Å². The highest BCUT2D eigenvalue weighted by molar-refractivity contribution is 7.99. The summed E-state index contributed by atoms with van der Waals surface area (Å²) in [5.41, 5.74) is 3.05. The topological polar surface area (TPSA) is 150 Å². The number of nitrogens with one attached hydrogen (secondary N) is 1. The zero-order chi connectivity index (χ0) is 34.8. The van der Waals surface area contributed by atoms with Crippen LogP contribution in [-0.2, 0) is 9.53 Å². The molecule has 3 aromatic carbocycles. The van der Waals surface area contributed by atoms with Gasteiger partial charge in [0, 0.05) is 34.4 Å². The summed E-state index contributed by atoms with van der Waals surface area (Å²) < 4.78 is 7.29. The van der Waals surface area contributed by atoms with E-state index in [9.17, 15) is 24.5 Å². The van der Waals surface area contributed by atoms with Gasteiger partial charge in [-0.15, -0.1) is 0 Å². The monoisotopic (exact) mass is 693 g/mol. The van der Waals surface area contributed by atoms with E-state index in [4.69, 9.17) is 9.73 Å². The Morgan fingerprint density at radius 2 is 1.84 bits per heavy atom. The van der Waals surface area contributed by atoms with Crippen LogP contribution < -0.4 is 20.5 Å². The van der Waals surface area contributed by atoms with Crippen molar-refractivity contribution in [2.45, 2.75) is 49.7 Å². The Morgan fingerprint density at radius 3 is 2.49 bits per heavy atom. The fourth-order valence-corrected chi connectivity index (χ4v) is 7.43. The molecule has 6 rings (SSSR count). The van der Waals surface area contributed by atoms with Gasteiger partial charge in [0.25, 0.3) is 16.8 Å². The molecule has 13 heteroatoms. The molecular weight excluding hydrogens is 663 g/mol. The maximum Gasteiger partial charge on any atom is 0.338 e. The number of nitro groups is 1. The number of carbonyl (C=O) groups excluding carboxylic acids is 1. The third-order valence-corrected chi connectivity index (χ3v) is 9.80. The standard InChI is InChI=1S/C36H31N5O6S2/c1-5-47-34(44)30-31(23-9-7-6-8-10-23)39-36-40(32(30)24-13-11-22(12-14-24)20(2)3)33(43)28(49-36)19-25-18-26(41(45)46)15-16-27(25)48-35-37-21(4)17-29(42)38-35/h6-20,32H,5H2,1-4H3,(H,37,38,42)/b28-19+/t32-/m1/s1. The van der Waals surface area contributed by atoms with E-state index in [-0.39, 0.29) is 33.9 Å². The number of aryl methyl sites for hydroxylation is 1. The van der Waals surface area contributed by atoms with Crippen LogP contribution in [0.2, 0.25) is 0 Å². The van der Waals surface area contributed by atoms with E-state index in [1.165, 1.54) is 22.8 Å². The number of non-ortho nitro benzene ring substituents is 1. The molecule has 1 aliphatic heterocycles. The normalized spacial score (nSPS) is 14.5. The first-order valence-electron chi connectivity index (χ1n) is 15.5. The second kappa shape index (κ2) is 14.0. The average Bonchev–Trinajstić information content (AvgIpc) is 3.38. The Morgan fingerprint density at radius 1 is 1.10 bits per heavy atom. The summed E-state index contributed by atoms with van der Waals surface area (Å²) in [7, 11) is 0. The number of nitrogens with zero attached hydrogens (tertiary/aromatic N) is 4. The third kappa shape index (κ3) is 6.94. The van der Waals surface area contributed by atoms with Gasteiger partial charge >= 0.3 is 5.97 Å². The third-order valence-electron chi connectivity index (χ3n) is 7.84. The number of esters is 1. The minimum absolute atomic E-state index is 0.127. The molecule has 0 fully saturated rings. The molecule has 0 spiro atoms. The number of thiazole rings is 1. The Bertz CT molecular complexity index is 2360. The minimum Gasteiger partial charge on any atom is -0.463 e. The molecule has 2 aromatic heterocycles. The quantitative estimate of drug-likeness (QED) is 0.0920. The van der Waals surface area contributed by atoms with Gasteiger partial charge in [-0.3, -0.25) is 24.3 Å². The van der Waals surface area contributed by atoms with Crippen LogP contribution in [0.15, 0.2) is 109 Å². The van der Waals surface area contributed by atoms with Crippen LogP contribution >= 0.6 is 23.1 Å². The Hall–Kier alpha value is -5.40. The van der Waals surface area contributed by atoms with E-state index in [1.54, 1.807) is 26.0 Å². The average molecular weight is 694 g/mol. The molecule has 5 aromatic rings. The Balaban J connectivity index is 1.61. The molecule has 0 saturated carbocycles. The van der Waals surface area contributed by atoms with Crippen molar-refractivity contribution >= 4 is 46.5 Å². The number of ether oxygens (including phenoxy) is 1. The summed E-state index contributed by atoms with van der Waals surface area (Å²) in [5.74, 6) is -0.319. The zero-order valence-corrected chi connectivity index (χ0v) is 28.6. The van der Waals surface area contributed by atoms with Crippen molar-refractivity contribution in [2.24, 2.45) is 4.99 Å². The van der Waals surface area contributed by atoms with Crippen LogP contribution in [0.25, 0.3) is 11.8 Å². The molecule has 0 radical (unpaired) electrons. The lowest BCUT2D eigenvalue weighted by molar-refractivity contribution is -0.384. The molecule has 11 nitrogen and oxygen atoms in total. The van der Waals surface area contributed by atoms with Crippen molar-refractivity contribution < 1.29 is 14.5 Å². The predicted molar refractivity (Wildman–Crippen MR) is 188 cm³/mol. The lowest BCUT2D eigenvalue weighted by atomic mass is 9.91. The van der Waals surface area contributed by atoms with Crippen LogP contribution in [-0.4, -0.2) is 32.0 Å². The van der Waals surface area contributed by atoms with E-state index in [0.717, 1.165) is 28.7 Å². The molecule has 0 saturated heterocycles. The molecule has 0 unspecified atom stereocenters. The second-order valence-corrected chi connectivity index (χ2v) is 13.6. The van der Waals surface area contributed by atoms with Crippen LogP contribution in [0.1, 0.15) is 60.7 Å². The molecule has 0 bridgehead atoms. The molecule has 248 valence electrons. The minimum atomic E-state index is -0.866. The number of hydrogen-bond donors (Lipinski definition) is 1. The summed E-state index contributed by atoms with van der Waals surface area (Å²) in [5, 5.41) is 12.1. The highest BCUT2D eigenvalue weighted by Crippen LogP contribution is 2.36. The predicted octanol–water partition coefficient (Wildman–Crippen LogP) is 5.51. The molecule has 1 N–H and O–H groups in total. The Kier molecular flexibility index (Phi) is 9.56. The first-order valence-corrected chi connectivity index (χ1v) is 17.1. The number of rotatable bonds is 9. The van der Waals surface area contributed by atoms with Gasteiger partial charge in [0.1, 0.15) is 0 Å². The van der Waals surface area contributed by atoms with Gasteiger partial charge in [-0.05, 0) is 48.6 Å². The van der Waals surface area contributed by atoms with Crippen LogP contribution in [0.3, 0.4) is 0 Å². The first-order chi connectivity index (χ1) is 23.5. The van der Waals surface area contributed by atoms with Crippen LogP contribution in [0, 0.1) is 17.0 Å². The summed E-state index contributed by atoms with van der Waals surface area (Å²) in [6.07, 6.45) is 1.57. The van der Waals surface area contributed by atoms with Crippen molar-refractivity contribution in [1.29, 1.82) is 0 Å². The van der Waals surface area contributed by atoms with Crippen molar-refractivity contribution in [1.82, 2.24) is 14.5 Å². The second-order valence-electron chi connectivity index (χ2n) is 11.5. The number of aromatic amines is 1. The number of fused-ring (bicyclic) bond motifs is 1. The zero-order valence-electron chi connectivity index (χ0n) is 27.0. The van der Waals surface area contributed by atoms with E-state index < -0.39 is 22.5 Å². The largest absolute Gasteiger partial charge is 0.463 e. The van der Waals surface area contributed by atoms with Gasteiger partial charge in [-0.25, -0.2) is 14.8 Å². The summed E-state index contributed by atoms with van der Waals surface area (Å²) in [6.45, 7) is 7.71. The summed E-state index contributed by atoms with van der Waals surface area (Å²) in [6, 6.07) is 21.8. The van der Waals surface area contributed by atoms with Gasteiger partial charge in [-0.1, -0.05) is 91.5 Å². The molecule has 1 atom stereocenters. The SMILES string of the molecule is CCOC(=O)C1=C(c2ccccc2)N=c2s/c(=C/c3cc([N+](=O)[O-])ccc3Sc3nc(C)cc(=O)[nH]3)c(=O)n2[C@@H]1c1ccc(C(C)C)cc1. The number of aromatic nitrogens is 3. The van der Waals surface area contributed by atoms with E-state index in [0.29, 0.717) is 42.9 Å². The maximum absolute atomic E-state index is 14.4. The molecule has 49 heavy (non-hydrogen) atoms. The molecule has 0 amide bonds. The molecule has 3 heterocycles. The van der Waals surface area contributed by atoms with Gasteiger partial charge in [-0.2, -0.15) is 0 Å². The highest BCUT2D eigenvalue weighted by Gasteiger charge is 2.35. The van der Waals surface area contributed by atoms with Crippen molar-refractivity contribution in [3.05, 3.63) is 153 Å². The molecular formula is C36H31N5O6S2. The van der Waals surface area contributed by atoms with E-state index in [1.807, 2.05) is 54.6 Å². The van der Waals surface area contributed by atoms with Gasteiger partial charge < -0.3 is 9.72 Å². The lowest BCUT2D eigenvalue weighted by Crippen LogP contribution is -2.40. The summed E-state index contributed by atoms with van der Waals surface area (Å²) >= 11 is 2.23. The fourth-order valence-electron chi connectivity index (χ4n) is 5.52. The maximum atomic E-state index is 14.4.